The lowest BCUT2D eigenvalue weighted by Gasteiger charge is -2.24. The third kappa shape index (κ3) is 5.85. The lowest BCUT2D eigenvalue weighted by molar-refractivity contribution is -0.660. The summed E-state index contributed by atoms with van der Waals surface area (Å²) < 4.78 is 85.8. The van der Waals surface area contributed by atoms with Crippen molar-refractivity contribution in [1.82, 2.24) is 0 Å². The Morgan fingerprint density at radius 2 is 1.55 bits per heavy atom. The van der Waals surface area contributed by atoms with E-state index >= 15 is 0 Å². The maximum atomic E-state index is 9.03. The summed E-state index contributed by atoms with van der Waals surface area (Å²) in [7, 11) is 1.81. The van der Waals surface area contributed by atoms with Crippen LogP contribution in [0.1, 0.15) is 77.5 Å². The molecule has 0 saturated heterocycles. The molecule has 0 N–H and O–H groups in total. The van der Waals surface area contributed by atoms with Crippen LogP contribution < -0.4 is 4.57 Å². The smallest absolute Gasteiger partial charge is 0.201 e. The zero-order valence-corrected chi connectivity index (χ0v) is 20.0. The van der Waals surface area contributed by atoms with Gasteiger partial charge in [-0.3, -0.25) is 0 Å². The molecule has 164 valence electrons. The minimum Gasteiger partial charge on any atom is -0.201 e. The number of nitrogens with zero attached hydrogens (tertiary/aromatic N) is 1. The van der Waals surface area contributed by atoms with E-state index in [-0.39, 0.29) is 22.1 Å². The summed E-state index contributed by atoms with van der Waals surface area (Å²) in [4.78, 5) is 0. The van der Waals surface area contributed by atoms with Gasteiger partial charge in [-0.1, -0.05) is 77.8 Å². The van der Waals surface area contributed by atoms with Crippen LogP contribution in [-0.2, 0) is 19.8 Å². The Balaban J connectivity index is 2.48. The van der Waals surface area contributed by atoms with E-state index in [9.17, 15) is 0 Å². The molecule has 3 rings (SSSR count). The summed E-state index contributed by atoms with van der Waals surface area (Å²) in [5.41, 5.74) is 2.31. The van der Waals surface area contributed by atoms with Crippen molar-refractivity contribution in [3.05, 3.63) is 76.9 Å². The number of aryl methyl sites for hydroxylation is 3. The highest BCUT2D eigenvalue weighted by Crippen LogP contribution is 2.34. The van der Waals surface area contributed by atoms with Crippen molar-refractivity contribution in [3.63, 3.8) is 0 Å². The predicted molar refractivity (Wildman–Crippen MR) is 134 cm³/mol. The molecule has 1 heteroatoms. The highest BCUT2D eigenvalue weighted by atomic mass is 14.9. The molecule has 0 bridgehead atoms. The molecule has 1 nitrogen and oxygen atoms in total. The topological polar surface area (TPSA) is 3.88 Å². The van der Waals surface area contributed by atoms with Gasteiger partial charge in [0.1, 0.15) is 7.05 Å². The molecule has 0 spiro atoms. The Morgan fingerprint density at radius 3 is 2.13 bits per heavy atom. The minimum absolute atomic E-state index is 0.0501. The van der Waals surface area contributed by atoms with E-state index in [1.807, 2.05) is 31.4 Å². The Bertz CT molecular complexity index is 1480. The SMILES string of the molecule is [2H]c1c([2H])c([2H])c(-c2cc(-c3cc(CC(C)(C)C)c(C([2H])([2H])C(C)(C)C)c[n+]3C)c(C)cc2C([2H])([2H])[2H])c([2H])c1[2H]. The molecular weight excluding hydrogens is 374 g/mol. The molecule has 3 aromatic rings. The summed E-state index contributed by atoms with van der Waals surface area (Å²) >= 11 is 0. The van der Waals surface area contributed by atoms with Crippen LogP contribution in [0.5, 0.6) is 0 Å². The normalized spacial score (nSPS) is 17.8. The second-order valence-corrected chi connectivity index (χ2v) is 10.5. The van der Waals surface area contributed by atoms with Gasteiger partial charge in [0, 0.05) is 24.0 Å². The van der Waals surface area contributed by atoms with Crippen molar-refractivity contribution in [1.29, 1.82) is 0 Å². The highest BCUT2D eigenvalue weighted by Gasteiger charge is 2.24. The summed E-state index contributed by atoms with van der Waals surface area (Å²) in [6, 6.07) is 2.48. The molecule has 0 unspecified atom stereocenters. The molecular formula is C30H40N+. The number of hydrogen-bond acceptors (Lipinski definition) is 0. The molecule has 0 radical (unpaired) electrons. The van der Waals surface area contributed by atoms with Crippen LogP contribution >= 0.6 is 0 Å². The Hall–Kier alpha value is -2.41. The molecule has 0 aliphatic carbocycles. The van der Waals surface area contributed by atoms with E-state index in [0.29, 0.717) is 28.8 Å². The number of pyridine rings is 1. The standard InChI is InChI=1S/C30H40N/c1-21-15-22(2)27(17-26(21)23-13-11-10-12-14-23)28-16-24(18-29(3,4)5)25(20-31(28)9)19-30(6,7)8/h10-17,20H,18-19H2,1-9H3/q+1/i1D3,10D,11D,12D,13D,14D,19D2. The van der Waals surface area contributed by atoms with Gasteiger partial charge < -0.3 is 0 Å². The Labute approximate surface area is 204 Å². The van der Waals surface area contributed by atoms with Gasteiger partial charge in [-0.25, -0.2) is 4.57 Å². The minimum atomic E-state index is -2.60. The average Bonchev–Trinajstić information content (AvgIpc) is 2.81. The van der Waals surface area contributed by atoms with Crippen molar-refractivity contribution in [2.75, 3.05) is 0 Å². The van der Waals surface area contributed by atoms with Crippen molar-refractivity contribution in [2.45, 2.75) is 68.1 Å². The molecule has 0 saturated carbocycles. The lowest BCUT2D eigenvalue weighted by atomic mass is 9.81. The lowest BCUT2D eigenvalue weighted by Crippen LogP contribution is -2.33. The van der Waals surface area contributed by atoms with E-state index in [1.165, 1.54) is 6.07 Å². The van der Waals surface area contributed by atoms with Crippen LogP contribution in [0.4, 0.5) is 0 Å². The summed E-state index contributed by atoms with van der Waals surface area (Å²) in [6.07, 6.45) is 0.736. The first-order valence-corrected chi connectivity index (χ1v) is 10.7. The highest BCUT2D eigenvalue weighted by molar-refractivity contribution is 5.75. The van der Waals surface area contributed by atoms with Gasteiger partial charge in [0.15, 0.2) is 6.20 Å². The van der Waals surface area contributed by atoms with Gasteiger partial charge in [-0.15, -0.1) is 0 Å². The maximum Gasteiger partial charge on any atom is 0.212 e. The summed E-state index contributed by atoms with van der Waals surface area (Å²) in [5.74, 6) is 0. The Kier molecular flexibility index (Phi) is 3.67. The van der Waals surface area contributed by atoms with E-state index in [2.05, 4.69) is 20.8 Å². The van der Waals surface area contributed by atoms with Crippen molar-refractivity contribution in [2.24, 2.45) is 17.9 Å². The molecule has 1 aromatic heterocycles. The number of rotatable bonds is 4. The first kappa shape index (κ1) is 13.2. The van der Waals surface area contributed by atoms with Gasteiger partial charge in [0.25, 0.3) is 0 Å². The van der Waals surface area contributed by atoms with E-state index in [4.69, 9.17) is 13.7 Å². The van der Waals surface area contributed by atoms with Crippen LogP contribution in [-0.4, -0.2) is 0 Å². The Morgan fingerprint density at radius 1 is 0.871 bits per heavy atom. The second-order valence-electron chi connectivity index (χ2n) is 10.5. The van der Waals surface area contributed by atoms with E-state index in [0.717, 1.165) is 5.56 Å². The van der Waals surface area contributed by atoms with Crippen LogP contribution in [0.2, 0.25) is 0 Å². The second kappa shape index (κ2) is 8.61. The first-order chi connectivity index (χ1) is 18.4. The number of aromatic nitrogens is 1. The van der Waals surface area contributed by atoms with Crippen molar-refractivity contribution >= 4 is 0 Å². The van der Waals surface area contributed by atoms with Crippen molar-refractivity contribution in [3.8, 4) is 22.4 Å². The number of hydrogen-bond donors (Lipinski definition) is 0. The molecule has 0 amide bonds. The maximum absolute atomic E-state index is 9.03. The molecule has 0 fully saturated rings. The number of benzene rings is 2. The van der Waals surface area contributed by atoms with Gasteiger partial charge in [-0.05, 0) is 71.3 Å². The molecule has 0 aliphatic heterocycles. The van der Waals surface area contributed by atoms with Crippen LogP contribution in [0.3, 0.4) is 0 Å². The van der Waals surface area contributed by atoms with Gasteiger partial charge in [0.05, 0.1) is 6.85 Å². The molecule has 1 heterocycles. The van der Waals surface area contributed by atoms with Crippen LogP contribution in [0, 0.1) is 24.6 Å². The summed E-state index contributed by atoms with van der Waals surface area (Å²) in [5, 5.41) is 0. The third-order valence-corrected chi connectivity index (χ3v) is 5.00. The third-order valence-electron chi connectivity index (χ3n) is 5.00. The molecule has 0 aliphatic rings. The zero-order chi connectivity index (χ0) is 31.6. The fourth-order valence-corrected chi connectivity index (χ4v) is 3.77. The fraction of sp³-hybridized carbons (Fsp3) is 0.433. The quantitative estimate of drug-likeness (QED) is 0.379. The average molecular weight is 425 g/mol. The molecule has 0 atom stereocenters. The van der Waals surface area contributed by atoms with Crippen LogP contribution in [0.25, 0.3) is 22.4 Å². The fourth-order valence-electron chi connectivity index (χ4n) is 3.77. The predicted octanol–water partition coefficient (Wildman–Crippen LogP) is 7.64. The monoisotopic (exact) mass is 424 g/mol. The van der Waals surface area contributed by atoms with Crippen molar-refractivity contribution < 1.29 is 18.3 Å². The van der Waals surface area contributed by atoms with Gasteiger partial charge in [-0.2, -0.15) is 0 Å². The zero-order valence-electron chi connectivity index (χ0n) is 30.0. The molecule has 31 heavy (non-hydrogen) atoms. The summed E-state index contributed by atoms with van der Waals surface area (Å²) in [6.45, 7) is 11.0. The van der Waals surface area contributed by atoms with E-state index < -0.39 is 48.9 Å². The van der Waals surface area contributed by atoms with Gasteiger partial charge >= 0.3 is 0 Å². The molecule has 2 aromatic carbocycles. The van der Waals surface area contributed by atoms with Gasteiger partial charge in [0.2, 0.25) is 5.69 Å². The first-order valence-electron chi connectivity index (χ1n) is 15.7. The van der Waals surface area contributed by atoms with Crippen LogP contribution in [0.15, 0.2) is 54.6 Å². The largest absolute Gasteiger partial charge is 0.212 e. The van der Waals surface area contributed by atoms with E-state index in [1.54, 1.807) is 26.2 Å².